The van der Waals surface area contributed by atoms with E-state index in [9.17, 15) is 43.5 Å². The van der Waals surface area contributed by atoms with E-state index in [0.29, 0.717) is 71.2 Å². The van der Waals surface area contributed by atoms with Crippen LogP contribution in [0.25, 0.3) is 0 Å². The molecule has 0 aliphatic rings. The van der Waals surface area contributed by atoms with Crippen LogP contribution in [-0.2, 0) is 57.3 Å². The summed E-state index contributed by atoms with van der Waals surface area (Å²) in [6.45, 7) is 15.8. The minimum absolute atomic E-state index is 0. The quantitative estimate of drug-likeness (QED) is 0.0420. The van der Waals surface area contributed by atoms with E-state index in [0.717, 1.165) is 51.4 Å². The maximum Gasteiger partial charge on any atom is 0.326 e. The fourth-order valence-electron chi connectivity index (χ4n) is 6.79. The van der Waals surface area contributed by atoms with Crippen molar-refractivity contribution in [3.8, 4) is 0 Å². The molecule has 0 aliphatic heterocycles. The lowest BCUT2D eigenvalue weighted by Crippen LogP contribution is -2.41. The van der Waals surface area contributed by atoms with E-state index >= 15 is 0 Å². The molecule has 0 aromatic carbocycles. The van der Waals surface area contributed by atoms with Crippen LogP contribution < -0.4 is 16.0 Å². The van der Waals surface area contributed by atoms with Crippen molar-refractivity contribution in [3.05, 3.63) is 0 Å². The third-order valence-electron chi connectivity index (χ3n) is 11.2. The highest BCUT2D eigenvalue weighted by Gasteiger charge is 2.26. The zero-order valence-electron chi connectivity index (χ0n) is 43.5. The third-order valence-corrected chi connectivity index (χ3v) is 11.2. The van der Waals surface area contributed by atoms with Crippen molar-refractivity contribution in [1.82, 2.24) is 16.0 Å². The van der Waals surface area contributed by atoms with Gasteiger partial charge in [0.2, 0.25) is 17.7 Å². The summed E-state index contributed by atoms with van der Waals surface area (Å²) in [6.07, 6.45) is 21.7. The Balaban J connectivity index is -0.00000125. The standard InChI is InChI=1S/C26H48N2O8.C26H47NO5.H2/c1-6-12-33-14-16-35-20-25(32)28-11-13-34-15-17-36-19-24(31)27-10-8-7-9-22(21(2)29)18-23(30)26(3,4)5;1-3-23(29)20-21-24(26(31)32)27-25(30)19-17-15-13-11-9-7-5-4-6-8-10-12-14-16-18-22(2)28;/h22H,6-20H2,1-5H3,(H,27,31)(H,28,32);24H,3-21H2,1-2H3,(H,27,30)(H,31,32);1H/t22-;24-;/m10./s1. The van der Waals surface area contributed by atoms with Gasteiger partial charge in [0, 0.05) is 64.6 Å². The van der Waals surface area contributed by atoms with E-state index in [1.807, 2.05) is 27.7 Å². The lowest BCUT2D eigenvalue weighted by Gasteiger charge is -2.20. The van der Waals surface area contributed by atoms with Gasteiger partial charge < -0.3 is 44.8 Å². The van der Waals surface area contributed by atoms with E-state index in [-0.39, 0.29) is 81.5 Å². The lowest BCUT2D eigenvalue weighted by atomic mass is 9.82. The van der Waals surface area contributed by atoms with Crippen LogP contribution in [-0.4, -0.2) is 124 Å². The zero-order valence-corrected chi connectivity index (χ0v) is 43.5. The largest absolute Gasteiger partial charge is 0.480 e. The van der Waals surface area contributed by atoms with Gasteiger partial charge in [-0.15, -0.1) is 0 Å². The summed E-state index contributed by atoms with van der Waals surface area (Å²) >= 11 is 0. The number of amides is 3. The number of ether oxygens (including phenoxy) is 4. The number of ketones is 4. The number of carbonyl (C=O) groups excluding carboxylic acids is 7. The van der Waals surface area contributed by atoms with Crippen LogP contribution in [0.1, 0.15) is 204 Å². The van der Waals surface area contributed by atoms with Gasteiger partial charge in [0.15, 0.2) is 0 Å². The van der Waals surface area contributed by atoms with Crippen LogP contribution in [0.15, 0.2) is 0 Å². The maximum absolute atomic E-state index is 12.2. The molecule has 0 bridgehead atoms. The number of rotatable bonds is 46. The highest BCUT2D eigenvalue weighted by atomic mass is 16.5. The summed E-state index contributed by atoms with van der Waals surface area (Å²) in [7, 11) is 0. The molecule has 0 spiro atoms. The van der Waals surface area contributed by atoms with E-state index in [2.05, 4.69) is 16.0 Å². The molecule has 0 fully saturated rings. The van der Waals surface area contributed by atoms with E-state index in [1.165, 1.54) is 71.1 Å². The first-order valence-electron chi connectivity index (χ1n) is 25.9. The molecule has 0 saturated carbocycles. The van der Waals surface area contributed by atoms with Gasteiger partial charge >= 0.3 is 5.97 Å². The van der Waals surface area contributed by atoms with Crippen LogP contribution in [0.4, 0.5) is 0 Å². The molecule has 0 rings (SSSR count). The highest BCUT2D eigenvalue weighted by Crippen LogP contribution is 2.23. The molecule has 16 heteroatoms. The summed E-state index contributed by atoms with van der Waals surface area (Å²) in [5.74, 6) is -1.55. The number of Topliss-reactive ketones (excluding diaryl/α,β-unsaturated/α-hetero) is 4. The van der Waals surface area contributed by atoms with Crippen molar-refractivity contribution in [3.63, 3.8) is 0 Å². The Morgan fingerprint density at radius 3 is 1.46 bits per heavy atom. The van der Waals surface area contributed by atoms with E-state index in [4.69, 9.17) is 18.9 Å². The Bertz CT molecular complexity index is 1380. The summed E-state index contributed by atoms with van der Waals surface area (Å²) in [5.41, 5.74) is -0.443. The van der Waals surface area contributed by atoms with Crippen molar-refractivity contribution in [1.29, 1.82) is 0 Å². The van der Waals surface area contributed by atoms with Crippen molar-refractivity contribution < 1.29 is 63.8 Å². The lowest BCUT2D eigenvalue weighted by molar-refractivity contribution is -0.142. The number of unbranched alkanes of at least 4 members (excludes halogenated alkanes) is 14. The minimum Gasteiger partial charge on any atom is -0.480 e. The van der Waals surface area contributed by atoms with Gasteiger partial charge in [0.1, 0.15) is 42.4 Å². The SMILES string of the molecule is CCC(=O)CC[C@H](NC(=O)CCCCCCCCCCCCCCCCC(C)=O)C(=O)O.CCCOCCOCC(=O)NCCOCCOCC(=O)NCCCC[C@H](CC(=O)C(C)(C)C)C(C)=O.[HH]. The van der Waals surface area contributed by atoms with Crippen LogP contribution in [0.3, 0.4) is 0 Å². The molecule has 0 unspecified atom stereocenters. The molecule has 4 N–H and O–H groups in total. The average Bonchev–Trinajstić information content (AvgIpc) is 3.28. The number of aliphatic carboxylic acids is 1. The normalized spacial score (nSPS) is 12.0. The number of nitrogens with one attached hydrogen (secondary N) is 3. The van der Waals surface area contributed by atoms with E-state index in [1.54, 1.807) is 13.8 Å². The molecular formula is C52H97N3O13. The first-order valence-corrected chi connectivity index (χ1v) is 25.9. The Labute approximate surface area is 411 Å². The summed E-state index contributed by atoms with van der Waals surface area (Å²) in [5, 5.41) is 17.2. The van der Waals surface area contributed by atoms with Crippen LogP contribution >= 0.6 is 0 Å². The fourth-order valence-corrected chi connectivity index (χ4v) is 6.79. The molecule has 0 aromatic rings. The predicted molar refractivity (Wildman–Crippen MR) is 267 cm³/mol. The van der Waals surface area contributed by atoms with Crippen molar-refractivity contribution in [2.24, 2.45) is 11.3 Å². The highest BCUT2D eigenvalue weighted by molar-refractivity contribution is 5.89. The molecule has 0 heterocycles. The van der Waals surface area contributed by atoms with Crippen molar-refractivity contribution in [2.45, 2.75) is 209 Å². The van der Waals surface area contributed by atoms with Gasteiger partial charge in [0.05, 0.1) is 33.0 Å². The van der Waals surface area contributed by atoms with Gasteiger partial charge in [-0.1, -0.05) is 118 Å². The smallest absolute Gasteiger partial charge is 0.326 e. The molecule has 2 atom stereocenters. The van der Waals surface area contributed by atoms with Crippen LogP contribution in [0.2, 0.25) is 0 Å². The molecule has 68 heavy (non-hydrogen) atoms. The van der Waals surface area contributed by atoms with Crippen LogP contribution in [0, 0.1) is 11.3 Å². The number of carboxylic acid groups (broad SMARTS) is 1. The Kier molecular flexibility index (Phi) is 44.8. The molecule has 398 valence electrons. The molecule has 0 radical (unpaired) electrons. The summed E-state index contributed by atoms with van der Waals surface area (Å²) in [4.78, 5) is 92.9. The second-order valence-electron chi connectivity index (χ2n) is 18.8. The molecule has 3 amide bonds. The van der Waals surface area contributed by atoms with Gasteiger partial charge in [-0.3, -0.25) is 28.8 Å². The monoisotopic (exact) mass is 972 g/mol. The van der Waals surface area contributed by atoms with Gasteiger partial charge in [-0.25, -0.2) is 4.79 Å². The number of carbonyl (C=O) groups is 8. The maximum atomic E-state index is 12.2. The Morgan fingerprint density at radius 1 is 0.529 bits per heavy atom. The van der Waals surface area contributed by atoms with Crippen LogP contribution in [0.5, 0.6) is 0 Å². The molecule has 16 nitrogen and oxygen atoms in total. The second-order valence-corrected chi connectivity index (χ2v) is 18.8. The average molecular weight is 972 g/mol. The molecular weight excluding hydrogens is 875 g/mol. The molecule has 0 saturated heterocycles. The first kappa shape index (κ1) is 66.5. The Morgan fingerprint density at radius 2 is 1.00 bits per heavy atom. The predicted octanol–water partition coefficient (Wildman–Crippen LogP) is 8.47. The van der Waals surface area contributed by atoms with Crippen molar-refractivity contribution >= 4 is 46.8 Å². The summed E-state index contributed by atoms with van der Waals surface area (Å²) < 4.78 is 21.1. The van der Waals surface area contributed by atoms with Gasteiger partial charge in [-0.05, 0) is 52.4 Å². The van der Waals surface area contributed by atoms with E-state index < -0.39 is 17.4 Å². The Hall–Kier alpha value is -3.60. The van der Waals surface area contributed by atoms with Crippen molar-refractivity contribution in [2.75, 3.05) is 65.9 Å². The van der Waals surface area contributed by atoms with Gasteiger partial charge in [-0.2, -0.15) is 0 Å². The number of hydrogen-bond donors (Lipinski definition) is 4. The fraction of sp³-hybridized carbons (Fsp3) is 0.846. The van der Waals surface area contributed by atoms with Gasteiger partial charge in [0.25, 0.3) is 0 Å². The molecule has 0 aromatic heterocycles. The zero-order chi connectivity index (χ0) is 51.3. The minimum atomic E-state index is -1.08. The number of hydrogen-bond acceptors (Lipinski definition) is 12. The topological polar surface area (TPSA) is 230 Å². The summed E-state index contributed by atoms with van der Waals surface area (Å²) in [6, 6.07) is -0.968. The first-order chi connectivity index (χ1) is 32.4. The number of carboxylic acids is 1. The second kappa shape index (κ2) is 45.8. The molecule has 0 aliphatic carbocycles. The third kappa shape index (κ3) is 46.1.